The normalized spacial score (nSPS) is 10.4. The number of carbonyl (C=O) groups excluding carboxylic acids is 1. The molecule has 0 heterocycles. The Morgan fingerprint density at radius 3 is 2.83 bits per heavy atom. The molecule has 0 saturated heterocycles. The molecule has 0 aliphatic rings. The lowest BCUT2D eigenvalue weighted by Crippen LogP contribution is -2.17. The van der Waals surface area contributed by atoms with Crippen molar-refractivity contribution >= 4 is 12.1 Å². The molecule has 0 radical (unpaired) electrons. The summed E-state index contributed by atoms with van der Waals surface area (Å²) in [5, 5.41) is 13.3. The molecule has 2 aromatic rings. The smallest absolute Gasteiger partial charge is 0.271 e. The van der Waals surface area contributed by atoms with Gasteiger partial charge in [0, 0.05) is 5.56 Å². The van der Waals surface area contributed by atoms with E-state index >= 15 is 0 Å². The first-order valence-corrected chi connectivity index (χ1v) is 7.18. The number of hydrazone groups is 1. The van der Waals surface area contributed by atoms with E-state index in [0.29, 0.717) is 23.7 Å². The van der Waals surface area contributed by atoms with E-state index in [0.717, 1.165) is 5.56 Å². The van der Waals surface area contributed by atoms with Crippen LogP contribution in [0, 0.1) is 0 Å². The maximum Gasteiger partial charge on any atom is 0.271 e. The van der Waals surface area contributed by atoms with Gasteiger partial charge >= 0.3 is 0 Å². The Balaban J connectivity index is 2.03. The van der Waals surface area contributed by atoms with Gasteiger partial charge in [-0.05, 0) is 42.0 Å². The lowest BCUT2D eigenvalue weighted by molar-refractivity contribution is 0.0954. The zero-order valence-corrected chi connectivity index (χ0v) is 13.2. The Morgan fingerprint density at radius 1 is 1.29 bits per heavy atom. The van der Waals surface area contributed by atoms with Gasteiger partial charge in [-0.25, -0.2) is 5.43 Å². The van der Waals surface area contributed by atoms with Crippen LogP contribution in [0.1, 0.15) is 15.9 Å². The summed E-state index contributed by atoms with van der Waals surface area (Å²) < 4.78 is 10.7. The molecule has 1 amide bonds. The summed E-state index contributed by atoms with van der Waals surface area (Å²) >= 11 is 0. The molecule has 0 aliphatic heterocycles. The first-order chi connectivity index (χ1) is 11.6. The van der Waals surface area contributed by atoms with Crippen LogP contribution in [0.2, 0.25) is 0 Å². The molecule has 2 rings (SSSR count). The first-order valence-electron chi connectivity index (χ1n) is 7.18. The zero-order chi connectivity index (χ0) is 17.4. The van der Waals surface area contributed by atoms with Gasteiger partial charge in [-0.15, -0.1) is 0 Å². The van der Waals surface area contributed by atoms with Crippen LogP contribution >= 0.6 is 0 Å². The Kier molecular flexibility index (Phi) is 5.96. The average Bonchev–Trinajstić information content (AvgIpc) is 2.60. The number of nitrogens with one attached hydrogen (secondary N) is 1. The minimum Gasteiger partial charge on any atom is -0.508 e. The van der Waals surface area contributed by atoms with E-state index in [4.69, 9.17) is 9.47 Å². The molecule has 0 bridgehead atoms. The van der Waals surface area contributed by atoms with Crippen molar-refractivity contribution in [1.29, 1.82) is 0 Å². The van der Waals surface area contributed by atoms with E-state index in [2.05, 4.69) is 17.1 Å². The van der Waals surface area contributed by atoms with Gasteiger partial charge in [0.15, 0.2) is 11.5 Å². The Hall–Kier alpha value is -3.28. The Morgan fingerprint density at radius 2 is 2.12 bits per heavy atom. The van der Waals surface area contributed by atoms with E-state index in [1.807, 2.05) is 0 Å². The van der Waals surface area contributed by atoms with Crippen molar-refractivity contribution in [2.24, 2.45) is 5.10 Å². The molecule has 0 aliphatic carbocycles. The van der Waals surface area contributed by atoms with E-state index in [-0.39, 0.29) is 5.75 Å². The third-order valence-corrected chi connectivity index (χ3v) is 3.03. The zero-order valence-electron chi connectivity index (χ0n) is 13.2. The van der Waals surface area contributed by atoms with Crippen molar-refractivity contribution in [2.45, 2.75) is 0 Å². The highest BCUT2D eigenvalue weighted by atomic mass is 16.5. The van der Waals surface area contributed by atoms with E-state index in [1.165, 1.54) is 18.3 Å². The largest absolute Gasteiger partial charge is 0.508 e. The molecule has 0 atom stereocenters. The van der Waals surface area contributed by atoms with E-state index in [9.17, 15) is 9.90 Å². The average molecular weight is 326 g/mol. The topological polar surface area (TPSA) is 80.2 Å². The number of hydrogen-bond acceptors (Lipinski definition) is 5. The number of phenols is 1. The molecule has 2 aromatic carbocycles. The standard InChI is InChI=1S/C18H18N2O4/c1-3-9-24-16-8-7-13(10-17(16)23-2)12-19-20-18(22)14-5-4-6-15(21)11-14/h3-8,10-12,21H,1,9H2,2H3,(H,20,22)/b19-12-. The maximum atomic E-state index is 11.9. The van der Waals surface area contributed by atoms with E-state index in [1.54, 1.807) is 43.5 Å². The van der Waals surface area contributed by atoms with Gasteiger partial charge in [-0.1, -0.05) is 18.7 Å². The number of methoxy groups -OCH3 is 1. The monoisotopic (exact) mass is 326 g/mol. The summed E-state index contributed by atoms with van der Waals surface area (Å²) in [4.78, 5) is 11.9. The second-order valence-corrected chi connectivity index (χ2v) is 4.76. The van der Waals surface area contributed by atoms with Gasteiger partial charge in [0.25, 0.3) is 5.91 Å². The molecule has 0 saturated carbocycles. The van der Waals surface area contributed by atoms with Gasteiger partial charge in [-0.3, -0.25) is 4.79 Å². The number of hydrogen-bond donors (Lipinski definition) is 2. The summed E-state index contributed by atoms with van der Waals surface area (Å²) in [7, 11) is 1.54. The molecule has 6 nitrogen and oxygen atoms in total. The number of carbonyl (C=O) groups is 1. The van der Waals surface area contributed by atoms with Crippen LogP contribution in [-0.4, -0.2) is 30.9 Å². The van der Waals surface area contributed by atoms with Gasteiger partial charge in [0.2, 0.25) is 0 Å². The predicted molar refractivity (Wildman–Crippen MR) is 91.9 cm³/mol. The number of ether oxygens (including phenoxy) is 2. The fraction of sp³-hybridized carbons (Fsp3) is 0.111. The second-order valence-electron chi connectivity index (χ2n) is 4.76. The molecule has 0 aromatic heterocycles. The number of benzene rings is 2. The van der Waals surface area contributed by atoms with Gasteiger partial charge in [0.05, 0.1) is 13.3 Å². The second kappa shape index (κ2) is 8.38. The molecular formula is C18H18N2O4. The molecule has 2 N–H and O–H groups in total. The van der Waals surface area contributed by atoms with Crippen molar-refractivity contribution in [3.8, 4) is 17.2 Å². The molecule has 6 heteroatoms. The predicted octanol–water partition coefficient (Wildman–Crippen LogP) is 2.73. The van der Waals surface area contributed by atoms with Crippen LogP contribution in [-0.2, 0) is 0 Å². The van der Waals surface area contributed by atoms with Crippen LogP contribution in [0.5, 0.6) is 17.2 Å². The van der Waals surface area contributed by atoms with E-state index < -0.39 is 5.91 Å². The van der Waals surface area contributed by atoms with Crippen molar-refractivity contribution < 1.29 is 19.4 Å². The third-order valence-electron chi connectivity index (χ3n) is 3.03. The summed E-state index contributed by atoms with van der Waals surface area (Å²) in [6.07, 6.45) is 3.13. The minimum atomic E-state index is -0.417. The highest BCUT2D eigenvalue weighted by molar-refractivity contribution is 5.95. The maximum absolute atomic E-state index is 11.9. The first kappa shape index (κ1) is 17.1. The Labute approximate surface area is 140 Å². The van der Waals surface area contributed by atoms with Crippen molar-refractivity contribution in [3.05, 3.63) is 66.2 Å². The van der Waals surface area contributed by atoms with Crippen LogP contribution in [0.25, 0.3) is 0 Å². The van der Waals surface area contributed by atoms with Gasteiger partial charge < -0.3 is 14.6 Å². The number of rotatable bonds is 7. The summed E-state index contributed by atoms with van der Waals surface area (Å²) in [6, 6.07) is 11.3. The number of nitrogens with zero attached hydrogens (tertiary/aromatic N) is 1. The van der Waals surface area contributed by atoms with Crippen LogP contribution in [0.3, 0.4) is 0 Å². The molecular weight excluding hydrogens is 308 g/mol. The molecule has 24 heavy (non-hydrogen) atoms. The molecule has 0 spiro atoms. The van der Waals surface area contributed by atoms with Crippen LogP contribution in [0.15, 0.2) is 60.2 Å². The summed E-state index contributed by atoms with van der Waals surface area (Å²) in [6.45, 7) is 3.97. The molecule has 0 fully saturated rings. The van der Waals surface area contributed by atoms with Gasteiger partial charge in [0.1, 0.15) is 12.4 Å². The van der Waals surface area contributed by atoms with Crippen molar-refractivity contribution in [1.82, 2.24) is 5.43 Å². The third kappa shape index (κ3) is 4.61. The SMILES string of the molecule is C=CCOc1ccc(/C=N\NC(=O)c2cccc(O)c2)cc1OC. The number of phenolic OH excluding ortho intramolecular Hbond substituents is 1. The quantitative estimate of drug-likeness (QED) is 0.466. The van der Waals surface area contributed by atoms with Crippen molar-refractivity contribution in [3.63, 3.8) is 0 Å². The fourth-order valence-corrected chi connectivity index (χ4v) is 1.91. The lowest BCUT2D eigenvalue weighted by atomic mass is 10.2. The summed E-state index contributed by atoms with van der Waals surface area (Å²) in [5.41, 5.74) is 3.44. The molecule has 0 unspecified atom stereocenters. The Bertz CT molecular complexity index is 756. The number of amides is 1. The van der Waals surface area contributed by atoms with Crippen molar-refractivity contribution in [2.75, 3.05) is 13.7 Å². The fourth-order valence-electron chi connectivity index (χ4n) is 1.91. The lowest BCUT2D eigenvalue weighted by Gasteiger charge is -2.09. The highest BCUT2D eigenvalue weighted by Gasteiger charge is 2.06. The molecule has 124 valence electrons. The summed E-state index contributed by atoms with van der Waals surface area (Å²) in [5.74, 6) is 0.755. The minimum absolute atomic E-state index is 0.0199. The number of aromatic hydroxyl groups is 1. The van der Waals surface area contributed by atoms with Crippen LogP contribution in [0.4, 0.5) is 0 Å². The van der Waals surface area contributed by atoms with Gasteiger partial charge in [-0.2, -0.15) is 5.10 Å². The van der Waals surface area contributed by atoms with Crippen LogP contribution < -0.4 is 14.9 Å². The highest BCUT2D eigenvalue weighted by Crippen LogP contribution is 2.27.